The van der Waals surface area contributed by atoms with E-state index < -0.39 is 0 Å². The maximum atomic E-state index is 11.3. The molecule has 0 aliphatic rings. The molecule has 0 radical (unpaired) electrons. The van der Waals surface area contributed by atoms with Crippen molar-refractivity contribution in [2.45, 2.75) is 39.3 Å². The third kappa shape index (κ3) is 3.75. The van der Waals surface area contributed by atoms with Crippen LogP contribution in [0.5, 0.6) is 5.75 Å². The molecule has 0 spiro atoms. The highest BCUT2D eigenvalue weighted by atomic mass is 79.9. The van der Waals surface area contributed by atoms with Crippen LogP contribution in [0.4, 0.5) is 0 Å². The summed E-state index contributed by atoms with van der Waals surface area (Å²) in [5, 5.41) is 5.51. The van der Waals surface area contributed by atoms with Crippen molar-refractivity contribution >= 4 is 32.8 Å². The Kier molecular flexibility index (Phi) is 4.88. The zero-order valence-electron chi connectivity index (χ0n) is 12.6. The molecule has 1 aromatic carbocycles. The van der Waals surface area contributed by atoms with E-state index in [-0.39, 0.29) is 18.1 Å². The summed E-state index contributed by atoms with van der Waals surface area (Å²) >= 11 is 3.51. The van der Waals surface area contributed by atoms with Crippen LogP contribution in [0.3, 0.4) is 0 Å². The number of methoxy groups -OCH3 is 1. The van der Waals surface area contributed by atoms with E-state index >= 15 is 0 Å². The Morgan fingerprint density at radius 1 is 1.38 bits per heavy atom. The van der Waals surface area contributed by atoms with E-state index in [1.165, 1.54) is 7.11 Å². The van der Waals surface area contributed by atoms with Crippen molar-refractivity contribution in [3.05, 3.63) is 22.8 Å². The van der Waals surface area contributed by atoms with Gasteiger partial charge in [0.25, 0.3) is 0 Å². The lowest BCUT2D eigenvalue weighted by Crippen LogP contribution is -2.12. The molecule has 6 heteroatoms. The van der Waals surface area contributed by atoms with Gasteiger partial charge in [0, 0.05) is 17.6 Å². The van der Waals surface area contributed by atoms with Crippen molar-refractivity contribution in [2.75, 3.05) is 7.11 Å². The number of nitrogens with zero attached hydrogens (tertiary/aromatic N) is 2. The quantitative estimate of drug-likeness (QED) is 0.768. The summed E-state index contributed by atoms with van der Waals surface area (Å²) in [6.07, 6.45) is 2.31. The Balaban J connectivity index is 2.31. The van der Waals surface area contributed by atoms with Crippen LogP contribution in [-0.4, -0.2) is 29.0 Å². The third-order valence-electron chi connectivity index (χ3n) is 3.08. The molecule has 0 saturated heterocycles. The van der Waals surface area contributed by atoms with Crippen LogP contribution in [0.1, 0.15) is 33.2 Å². The van der Waals surface area contributed by atoms with Gasteiger partial charge in [-0.3, -0.25) is 9.48 Å². The number of benzene rings is 1. The maximum absolute atomic E-state index is 11.3. The molecule has 0 bridgehead atoms. The third-order valence-corrected chi connectivity index (χ3v) is 3.70. The zero-order chi connectivity index (χ0) is 15.6. The van der Waals surface area contributed by atoms with Gasteiger partial charge in [-0.2, -0.15) is 5.10 Å². The van der Waals surface area contributed by atoms with Crippen LogP contribution in [0.15, 0.2) is 22.8 Å². The number of esters is 1. The van der Waals surface area contributed by atoms with Crippen LogP contribution in [0.2, 0.25) is 0 Å². The lowest BCUT2D eigenvalue weighted by Gasteiger charge is -2.11. The van der Waals surface area contributed by atoms with Gasteiger partial charge in [-0.1, -0.05) is 0 Å². The van der Waals surface area contributed by atoms with Gasteiger partial charge in [-0.25, -0.2) is 0 Å². The van der Waals surface area contributed by atoms with Crippen LogP contribution in [0.25, 0.3) is 10.9 Å². The summed E-state index contributed by atoms with van der Waals surface area (Å²) in [7, 11) is 1.39. The molecule has 0 aliphatic carbocycles. The number of carbonyl (C=O) groups excluding carboxylic acids is 1. The molecule has 1 unspecified atom stereocenters. The Morgan fingerprint density at radius 3 is 2.71 bits per heavy atom. The lowest BCUT2D eigenvalue weighted by molar-refractivity contribution is -0.141. The second kappa shape index (κ2) is 6.47. The minimum atomic E-state index is -0.243. The summed E-state index contributed by atoms with van der Waals surface area (Å²) < 4.78 is 13.1. The average Bonchev–Trinajstić information content (AvgIpc) is 2.81. The van der Waals surface area contributed by atoms with Gasteiger partial charge in [0.2, 0.25) is 0 Å². The Bertz CT molecular complexity index is 652. The minimum absolute atomic E-state index is 0.0573. The van der Waals surface area contributed by atoms with E-state index in [2.05, 4.69) is 21.0 Å². The standard InChI is InChI=1S/C15H19BrN2O3/c1-9(2)21-14-7-13-11(6-12(14)16)8-18(17-13)10(3)5-15(19)20-4/h6-10H,5H2,1-4H3. The van der Waals surface area contributed by atoms with E-state index in [9.17, 15) is 4.79 Å². The fraction of sp³-hybridized carbons (Fsp3) is 0.467. The van der Waals surface area contributed by atoms with Gasteiger partial charge >= 0.3 is 5.97 Å². The van der Waals surface area contributed by atoms with E-state index in [0.717, 1.165) is 21.1 Å². The predicted molar refractivity (Wildman–Crippen MR) is 84.5 cm³/mol. The molecule has 0 saturated carbocycles. The number of carbonyl (C=O) groups is 1. The Labute approximate surface area is 132 Å². The fourth-order valence-corrected chi connectivity index (χ4v) is 2.49. The highest BCUT2D eigenvalue weighted by Crippen LogP contribution is 2.31. The molecule has 1 aromatic heterocycles. The summed E-state index contributed by atoms with van der Waals surface area (Å²) in [5.74, 6) is 0.524. The number of aromatic nitrogens is 2. The largest absolute Gasteiger partial charge is 0.490 e. The summed E-state index contributed by atoms with van der Waals surface area (Å²) in [6, 6.07) is 3.82. The van der Waals surface area contributed by atoms with Crippen LogP contribution < -0.4 is 4.74 Å². The molecule has 0 aliphatic heterocycles. The molecule has 5 nitrogen and oxygen atoms in total. The van der Waals surface area contributed by atoms with Gasteiger partial charge in [0.15, 0.2) is 0 Å². The SMILES string of the molecule is COC(=O)CC(C)n1cc2cc(Br)c(OC(C)C)cc2n1. The summed E-state index contributed by atoms with van der Waals surface area (Å²) in [6.45, 7) is 5.89. The normalized spacial score (nSPS) is 12.7. The number of halogens is 1. The first-order valence-corrected chi connectivity index (χ1v) is 7.62. The van der Waals surface area contributed by atoms with Gasteiger partial charge in [-0.05, 0) is 42.8 Å². The first-order chi connectivity index (χ1) is 9.90. The van der Waals surface area contributed by atoms with Gasteiger partial charge in [-0.15, -0.1) is 0 Å². The van der Waals surface area contributed by atoms with Crippen molar-refractivity contribution in [2.24, 2.45) is 0 Å². The minimum Gasteiger partial charge on any atom is -0.490 e. The van der Waals surface area contributed by atoms with Crippen LogP contribution in [0, 0.1) is 0 Å². The Hall–Kier alpha value is -1.56. The van der Waals surface area contributed by atoms with Crippen LogP contribution >= 0.6 is 15.9 Å². The van der Waals surface area contributed by atoms with Crippen molar-refractivity contribution in [1.29, 1.82) is 0 Å². The lowest BCUT2D eigenvalue weighted by atomic mass is 10.2. The van der Waals surface area contributed by atoms with E-state index in [1.54, 1.807) is 4.68 Å². The van der Waals surface area contributed by atoms with Crippen LogP contribution in [-0.2, 0) is 9.53 Å². The van der Waals surface area contributed by atoms with E-state index in [1.807, 2.05) is 39.1 Å². The van der Waals surface area contributed by atoms with E-state index in [4.69, 9.17) is 9.47 Å². The van der Waals surface area contributed by atoms with Gasteiger partial charge in [0.05, 0.1) is 35.7 Å². The molecule has 1 heterocycles. The molecule has 0 amide bonds. The summed E-state index contributed by atoms with van der Waals surface area (Å²) in [4.78, 5) is 11.3. The predicted octanol–water partition coefficient (Wildman–Crippen LogP) is 3.71. The molecule has 114 valence electrons. The molecule has 2 aromatic rings. The molecule has 21 heavy (non-hydrogen) atoms. The summed E-state index contributed by atoms with van der Waals surface area (Å²) in [5.41, 5.74) is 0.838. The van der Waals surface area contributed by atoms with E-state index in [0.29, 0.717) is 6.42 Å². The van der Waals surface area contributed by atoms with Crippen molar-refractivity contribution in [3.8, 4) is 5.75 Å². The van der Waals surface area contributed by atoms with Gasteiger partial charge < -0.3 is 9.47 Å². The second-order valence-corrected chi connectivity index (χ2v) is 6.10. The first kappa shape index (κ1) is 15.8. The van der Waals surface area contributed by atoms with Crippen molar-refractivity contribution < 1.29 is 14.3 Å². The molecule has 2 rings (SSSR count). The molecule has 1 atom stereocenters. The number of ether oxygens (including phenoxy) is 2. The Morgan fingerprint density at radius 2 is 2.10 bits per heavy atom. The van der Waals surface area contributed by atoms with Crippen molar-refractivity contribution in [1.82, 2.24) is 9.78 Å². The number of rotatable bonds is 5. The molecule has 0 N–H and O–H groups in total. The highest BCUT2D eigenvalue weighted by molar-refractivity contribution is 9.10. The topological polar surface area (TPSA) is 53.4 Å². The van der Waals surface area contributed by atoms with Crippen molar-refractivity contribution in [3.63, 3.8) is 0 Å². The molecular formula is C15H19BrN2O3. The zero-order valence-corrected chi connectivity index (χ0v) is 14.2. The smallest absolute Gasteiger partial charge is 0.307 e. The number of hydrogen-bond acceptors (Lipinski definition) is 4. The second-order valence-electron chi connectivity index (χ2n) is 5.25. The van der Waals surface area contributed by atoms with Gasteiger partial charge in [0.1, 0.15) is 5.75 Å². The average molecular weight is 355 g/mol. The first-order valence-electron chi connectivity index (χ1n) is 6.82. The maximum Gasteiger partial charge on any atom is 0.307 e. The number of fused-ring (bicyclic) bond motifs is 1. The highest BCUT2D eigenvalue weighted by Gasteiger charge is 2.14. The molecule has 0 fully saturated rings. The molecular weight excluding hydrogens is 336 g/mol. The monoisotopic (exact) mass is 354 g/mol. The fourth-order valence-electron chi connectivity index (χ4n) is 2.03. The number of hydrogen-bond donors (Lipinski definition) is 0.